The van der Waals surface area contributed by atoms with Crippen LogP contribution in [0.25, 0.3) is 10.8 Å². The van der Waals surface area contributed by atoms with Crippen LogP contribution in [-0.4, -0.2) is 29.1 Å². The third-order valence-electron chi connectivity index (χ3n) is 6.06. The highest BCUT2D eigenvalue weighted by molar-refractivity contribution is 5.83. The first-order valence-corrected chi connectivity index (χ1v) is 10.1. The topological polar surface area (TPSA) is 40.5 Å². The number of carboxylic acid groups (broad SMARTS) is 1. The van der Waals surface area contributed by atoms with Gasteiger partial charge in [-0.05, 0) is 73.3 Å². The van der Waals surface area contributed by atoms with Gasteiger partial charge in [-0.3, -0.25) is 9.69 Å². The molecule has 1 saturated heterocycles. The molecular formula is C25H27NO2. The smallest absolute Gasteiger partial charge is 0.306 e. The Bertz CT molecular complexity index is 1000. The number of aliphatic carboxylic acids is 1. The Morgan fingerprint density at radius 2 is 1.68 bits per heavy atom. The first kappa shape index (κ1) is 18.7. The molecule has 0 aliphatic carbocycles. The lowest BCUT2D eigenvalue weighted by Crippen LogP contribution is -2.39. The van der Waals surface area contributed by atoms with E-state index >= 15 is 0 Å². The molecule has 3 aromatic carbocycles. The normalized spacial score (nSPS) is 16.9. The number of rotatable bonds is 4. The maximum absolute atomic E-state index is 11.4. The van der Waals surface area contributed by atoms with Crippen molar-refractivity contribution in [2.75, 3.05) is 13.1 Å². The summed E-state index contributed by atoms with van der Waals surface area (Å²) in [4.78, 5) is 13.9. The van der Waals surface area contributed by atoms with Crippen molar-refractivity contribution in [1.82, 2.24) is 4.90 Å². The second-order valence-corrected chi connectivity index (χ2v) is 8.02. The van der Waals surface area contributed by atoms with E-state index in [1.54, 1.807) is 0 Å². The van der Waals surface area contributed by atoms with E-state index < -0.39 is 5.97 Å². The molecule has 0 radical (unpaired) electrons. The Kier molecular flexibility index (Phi) is 5.19. The number of hydrogen-bond acceptors (Lipinski definition) is 2. The number of fused-ring (bicyclic) bond motifs is 1. The average molecular weight is 373 g/mol. The van der Waals surface area contributed by atoms with Crippen LogP contribution < -0.4 is 0 Å². The summed E-state index contributed by atoms with van der Waals surface area (Å²) in [6, 6.07) is 22.0. The zero-order valence-electron chi connectivity index (χ0n) is 16.6. The summed E-state index contributed by atoms with van der Waals surface area (Å²) in [5.41, 5.74) is 5.14. The molecule has 0 aromatic heterocycles. The quantitative estimate of drug-likeness (QED) is 0.671. The predicted molar refractivity (Wildman–Crippen MR) is 114 cm³/mol. The van der Waals surface area contributed by atoms with Crippen LogP contribution in [-0.2, 0) is 4.79 Å². The van der Waals surface area contributed by atoms with Crippen LogP contribution in [0.3, 0.4) is 0 Å². The molecule has 4 rings (SSSR count). The van der Waals surface area contributed by atoms with Gasteiger partial charge in [0.25, 0.3) is 0 Å². The third-order valence-corrected chi connectivity index (χ3v) is 6.06. The molecule has 28 heavy (non-hydrogen) atoms. The number of nitrogens with zero attached hydrogens (tertiary/aromatic N) is 1. The molecule has 3 aromatic rings. The fourth-order valence-electron chi connectivity index (χ4n) is 4.42. The number of likely N-dealkylation sites (tertiary alicyclic amines) is 1. The molecule has 3 nitrogen and oxygen atoms in total. The van der Waals surface area contributed by atoms with E-state index in [2.05, 4.69) is 79.4 Å². The predicted octanol–water partition coefficient (Wildman–Crippen LogP) is 5.34. The lowest BCUT2D eigenvalue weighted by atomic mass is 9.88. The highest BCUT2D eigenvalue weighted by atomic mass is 16.4. The van der Waals surface area contributed by atoms with E-state index in [1.165, 1.54) is 33.0 Å². The van der Waals surface area contributed by atoms with Crippen molar-refractivity contribution in [3.8, 4) is 0 Å². The molecule has 144 valence electrons. The SMILES string of the molecule is Cc1ccc(C)c(C(c2ccc3ccccc3c2)N2CCC(C(=O)O)CC2)c1. The summed E-state index contributed by atoms with van der Waals surface area (Å²) in [6.45, 7) is 5.92. The molecule has 0 amide bonds. The summed E-state index contributed by atoms with van der Waals surface area (Å²) < 4.78 is 0. The molecule has 1 fully saturated rings. The van der Waals surface area contributed by atoms with Gasteiger partial charge in [-0.15, -0.1) is 0 Å². The minimum atomic E-state index is -0.659. The Balaban J connectivity index is 1.77. The Morgan fingerprint density at radius 3 is 2.39 bits per heavy atom. The lowest BCUT2D eigenvalue weighted by molar-refractivity contribution is -0.143. The maximum atomic E-state index is 11.4. The van der Waals surface area contributed by atoms with E-state index in [0.717, 1.165) is 13.1 Å². The van der Waals surface area contributed by atoms with Gasteiger partial charge in [0.05, 0.1) is 12.0 Å². The van der Waals surface area contributed by atoms with Crippen LogP contribution in [0.15, 0.2) is 60.7 Å². The fourth-order valence-corrected chi connectivity index (χ4v) is 4.42. The Labute approximate surface area is 166 Å². The molecule has 1 aliphatic rings. The summed E-state index contributed by atoms with van der Waals surface area (Å²) in [6.07, 6.45) is 1.43. The highest BCUT2D eigenvalue weighted by Gasteiger charge is 2.31. The van der Waals surface area contributed by atoms with E-state index in [0.29, 0.717) is 12.8 Å². The van der Waals surface area contributed by atoms with Crippen LogP contribution in [0.5, 0.6) is 0 Å². The van der Waals surface area contributed by atoms with Gasteiger partial charge in [-0.1, -0.05) is 60.2 Å². The van der Waals surface area contributed by atoms with Crippen molar-refractivity contribution in [3.05, 3.63) is 82.9 Å². The van der Waals surface area contributed by atoms with E-state index in [-0.39, 0.29) is 12.0 Å². The molecule has 1 unspecified atom stereocenters. The van der Waals surface area contributed by atoms with Crippen molar-refractivity contribution >= 4 is 16.7 Å². The number of carbonyl (C=O) groups is 1. The molecule has 1 atom stereocenters. The number of carboxylic acids is 1. The van der Waals surface area contributed by atoms with Crippen molar-refractivity contribution in [2.45, 2.75) is 32.7 Å². The van der Waals surface area contributed by atoms with E-state index in [9.17, 15) is 9.90 Å². The molecular weight excluding hydrogens is 346 g/mol. The van der Waals surface area contributed by atoms with Crippen LogP contribution in [0.2, 0.25) is 0 Å². The highest BCUT2D eigenvalue weighted by Crippen LogP contribution is 2.35. The minimum Gasteiger partial charge on any atom is -0.481 e. The third kappa shape index (κ3) is 3.67. The van der Waals surface area contributed by atoms with Crippen LogP contribution in [0, 0.1) is 19.8 Å². The van der Waals surface area contributed by atoms with Crippen LogP contribution >= 0.6 is 0 Å². The zero-order valence-corrected chi connectivity index (χ0v) is 16.6. The second kappa shape index (κ2) is 7.76. The van der Waals surface area contributed by atoms with Crippen molar-refractivity contribution in [1.29, 1.82) is 0 Å². The Morgan fingerprint density at radius 1 is 0.964 bits per heavy atom. The number of piperidine rings is 1. The molecule has 1 N–H and O–H groups in total. The van der Waals surface area contributed by atoms with Gasteiger partial charge in [0, 0.05) is 0 Å². The molecule has 1 heterocycles. The molecule has 0 spiro atoms. The number of benzene rings is 3. The number of aryl methyl sites for hydroxylation is 2. The summed E-state index contributed by atoms with van der Waals surface area (Å²) in [7, 11) is 0. The maximum Gasteiger partial charge on any atom is 0.306 e. The first-order chi connectivity index (χ1) is 13.5. The van der Waals surface area contributed by atoms with Gasteiger partial charge in [0.2, 0.25) is 0 Å². The summed E-state index contributed by atoms with van der Waals surface area (Å²) in [5, 5.41) is 11.9. The lowest BCUT2D eigenvalue weighted by Gasteiger charge is -2.38. The van der Waals surface area contributed by atoms with Crippen molar-refractivity contribution in [2.24, 2.45) is 5.92 Å². The van der Waals surface area contributed by atoms with Gasteiger partial charge < -0.3 is 5.11 Å². The van der Waals surface area contributed by atoms with Crippen molar-refractivity contribution < 1.29 is 9.90 Å². The fraction of sp³-hybridized carbons (Fsp3) is 0.320. The van der Waals surface area contributed by atoms with Gasteiger partial charge in [0.1, 0.15) is 0 Å². The molecule has 1 aliphatic heterocycles. The van der Waals surface area contributed by atoms with Gasteiger partial charge in [-0.2, -0.15) is 0 Å². The van der Waals surface area contributed by atoms with Crippen molar-refractivity contribution in [3.63, 3.8) is 0 Å². The van der Waals surface area contributed by atoms with E-state index in [1.807, 2.05) is 0 Å². The monoisotopic (exact) mass is 373 g/mol. The van der Waals surface area contributed by atoms with Gasteiger partial charge in [-0.25, -0.2) is 0 Å². The Hall–Kier alpha value is -2.65. The van der Waals surface area contributed by atoms with E-state index in [4.69, 9.17) is 0 Å². The van der Waals surface area contributed by atoms with Gasteiger partial charge in [0.15, 0.2) is 0 Å². The van der Waals surface area contributed by atoms with Gasteiger partial charge >= 0.3 is 5.97 Å². The molecule has 0 bridgehead atoms. The second-order valence-electron chi connectivity index (χ2n) is 8.02. The average Bonchev–Trinajstić information content (AvgIpc) is 2.71. The minimum absolute atomic E-state index is 0.152. The largest absolute Gasteiger partial charge is 0.481 e. The van der Waals surface area contributed by atoms with Crippen LogP contribution in [0.1, 0.15) is 41.1 Å². The summed E-state index contributed by atoms with van der Waals surface area (Å²) in [5.74, 6) is -0.874. The standard InChI is InChI=1S/C25H27NO2/c1-17-7-8-18(2)23(15-17)24(26-13-11-20(12-14-26)25(27)28)22-10-9-19-5-3-4-6-21(19)16-22/h3-10,15-16,20,24H,11-14H2,1-2H3,(H,27,28). The summed E-state index contributed by atoms with van der Waals surface area (Å²) >= 11 is 0. The number of hydrogen-bond donors (Lipinski definition) is 1. The first-order valence-electron chi connectivity index (χ1n) is 10.1. The zero-order chi connectivity index (χ0) is 19.7. The van der Waals surface area contributed by atoms with Crippen LogP contribution in [0.4, 0.5) is 0 Å². The molecule has 3 heteroatoms. The molecule has 0 saturated carbocycles.